The number of aromatic nitrogens is 4. The van der Waals surface area contributed by atoms with Gasteiger partial charge in [0.2, 0.25) is 12.3 Å². The van der Waals surface area contributed by atoms with E-state index in [0.717, 1.165) is 27.3 Å². The highest BCUT2D eigenvalue weighted by Gasteiger charge is 2.30. The summed E-state index contributed by atoms with van der Waals surface area (Å²) in [5.41, 5.74) is 9.75. The Labute approximate surface area is 300 Å². The van der Waals surface area contributed by atoms with Crippen LogP contribution in [0.15, 0.2) is 60.9 Å². The third-order valence-corrected chi connectivity index (χ3v) is 7.95. The lowest BCUT2D eigenvalue weighted by molar-refractivity contribution is -0.155. The summed E-state index contributed by atoms with van der Waals surface area (Å²) in [5.74, 6) is -0.187. The second-order valence-corrected chi connectivity index (χ2v) is 12.1. The minimum atomic E-state index is -1.13. The van der Waals surface area contributed by atoms with Gasteiger partial charge in [0.1, 0.15) is 37.4 Å². The number of amides is 4. The maximum atomic E-state index is 13.2. The van der Waals surface area contributed by atoms with Gasteiger partial charge in [-0.05, 0) is 49.9 Å². The Kier molecular flexibility index (Phi) is 14.0. The van der Waals surface area contributed by atoms with E-state index in [1.165, 1.54) is 12.1 Å². The Morgan fingerprint density at radius 2 is 1.35 bits per heavy atom. The fraction of sp³-hybridized carbons (Fsp3) is 0.371. The molecule has 2 aromatic carbocycles. The van der Waals surface area contributed by atoms with Crippen molar-refractivity contribution in [3.8, 4) is 33.6 Å². The van der Waals surface area contributed by atoms with Gasteiger partial charge in [0.15, 0.2) is 0 Å². The number of benzene rings is 2. The van der Waals surface area contributed by atoms with Crippen LogP contribution in [-0.4, -0.2) is 103 Å². The number of nitrogens with one attached hydrogen (secondary N) is 4. The van der Waals surface area contributed by atoms with Crippen LogP contribution in [0.1, 0.15) is 51.9 Å². The molecule has 2 unspecified atom stereocenters. The van der Waals surface area contributed by atoms with Gasteiger partial charge < -0.3 is 34.4 Å². The summed E-state index contributed by atoms with van der Waals surface area (Å²) in [7, 11) is 1.19. The summed E-state index contributed by atoms with van der Waals surface area (Å²) in [6.45, 7) is 5.60. The van der Waals surface area contributed by atoms with Crippen molar-refractivity contribution in [2.24, 2.45) is 0 Å². The van der Waals surface area contributed by atoms with E-state index in [2.05, 4.69) is 35.5 Å². The summed E-state index contributed by atoms with van der Waals surface area (Å²) in [6.07, 6.45) is 0.722. The molecule has 4 aromatic rings. The smallest absolute Gasteiger partial charge is 0.425 e. The number of hydrogen-bond acceptors (Lipinski definition) is 11. The number of methoxy groups -OCH3 is 1. The summed E-state index contributed by atoms with van der Waals surface area (Å²) in [4.78, 5) is 63.8. The number of aliphatic hydroxyl groups is 2. The van der Waals surface area contributed by atoms with E-state index in [9.17, 15) is 29.4 Å². The first-order valence-electron chi connectivity index (χ1n) is 16.4. The molecule has 2 atom stereocenters. The Morgan fingerprint density at radius 3 is 1.87 bits per heavy atom. The van der Waals surface area contributed by atoms with E-state index in [-0.39, 0.29) is 18.9 Å². The van der Waals surface area contributed by atoms with Crippen LogP contribution in [0.2, 0.25) is 0 Å². The number of carbonyl (C=O) groups excluding carboxylic acids is 4. The van der Waals surface area contributed by atoms with Crippen LogP contribution in [0.3, 0.4) is 0 Å². The zero-order chi connectivity index (χ0) is 37.8. The number of hydrogen-bond donors (Lipinski definition) is 6. The quantitative estimate of drug-likeness (QED) is 0.0529. The fourth-order valence-corrected chi connectivity index (χ4v) is 5.31. The molecule has 0 saturated heterocycles. The zero-order valence-electron chi connectivity index (χ0n) is 29.5. The molecule has 4 amide bonds. The standard InChI is InChI=1S/C35H44N8O9/c1-21(2)42(38-18-44)32(47)15-29(51-19-45)33-37-17-28(40-33)26-12-8-24(9-13-26)23-6-10-25(11-7-23)27-16-36-31(39-27)14-30(52-20-46)34(48)43(22(3)4)41-35(49)50-5/h6-13,16-18,21-22,29-30,45-46H,14-15,19-20H2,1-5H3,(H,36,39)(H,37,40)(H,38,44)(H,41,49). The molecule has 6 N–H and O–H groups in total. The first kappa shape index (κ1) is 39.2. The van der Waals surface area contributed by atoms with Gasteiger partial charge in [0, 0.05) is 18.5 Å². The number of hydrazine groups is 2. The molecule has 278 valence electrons. The van der Waals surface area contributed by atoms with Crippen LogP contribution in [0.5, 0.6) is 0 Å². The van der Waals surface area contributed by atoms with Crippen molar-refractivity contribution in [3.63, 3.8) is 0 Å². The van der Waals surface area contributed by atoms with Crippen molar-refractivity contribution in [3.05, 3.63) is 72.6 Å². The van der Waals surface area contributed by atoms with Gasteiger partial charge in [-0.2, -0.15) is 0 Å². The van der Waals surface area contributed by atoms with Crippen molar-refractivity contribution >= 4 is 24.3 Å². The van der Waals surface area contributed by atoms with E-state index in [1.807, 2.05) is 48.5 Å². The highest BCUT2D eigenvalue weighted by atomic mass is 16.6. The van der Waals surface area contributed by atoms with Crippen molar-refractivity contribution in [2.45, 2.75) is 64.8 Å². The van der Waals surface area contributed by atoms with Crippen LogP contribution in [-0.2, 0) is 35.0 Å². The number of rotatable bonds is 17. The molecule has 0 aliphatic rings. The number of imidazole rings is 2. The summed E-state index contributed by atoms with van der Waals surface area (Å²) < 4.78 is 15.3. The Hall–Kier alpha value is -5.62. The number of ether oxygens (including phenoxy) is 3. The molecule has 0 aliphatic carbocycles. The van der Waals surface area contributed by atoms with E-state index in [1.54, 1.807) is 40.1 Å². The average molecular weight is 721 g/mol. The molecule has 17 nitrogen and oxygen atoms in total. The minimum Gasteiger partial charge on any atom is -0.452 e. The molecule has 0 spiro atoms. The summed E-state index contributed by atoms with van der Waals surface area (Å²) >= 11 is 0. The van der Waals surface area contributed by atoms with Crippen LogP contribution in [0, 0.1) is 0 Å². The number of H-pyrrole nitrogens is 2. The number of carbonyl (C=O) groups is 4. The van der Waals surface area contributed by atoms with Gasteiger partial charge in [0.05, 0.1) is 37.3 Å². The molecule has 4 rings (SSSR count). The zero-order valence-corrected chi connectivity index (χ0v) is 29.5. The molecule has 2 heterocycles. The van der Waals surface area contributed by atoms with Crippen molar-refractivity contribution in [1.29, 1.82) is 0 Å². The molecular formula is C35H44N8O9. The molecule has 0 bridgehead atoms. The monoisotopic (exact) mass is 720 g/mol. The minimum absolute atomic E-state index is 0.0105. The lowest BCUT2D eigenvalue weighted by atomic mass is 10.0. The lowest BCUT2D eigenvalue weighted by Gasteiger charge is -2.29. The van der Waals surface area contributed by atoms with Gasteiger partial charge in [-0.1, -0.05) is 48.5 Å². The van der Waals surface area contributed by atoms with Crippen LogP contribution < -0.4 is 10.9 Å². The Balaban J connectivity index is 1.43. The third kappa shape index (κ3) is 10.0. The average Bonchev–Trinajstić information content (AvgIpc) is 3.83. The second kappa shape index (κ2) is 18.6. The molecular weight excluding hydrogens is 676 g/mol. The molecule has 0 fully saturated rings. The highest BCUT2D eigenvalue weighted by molar-refractivity contribution is 5.83. The largest absolute Gasteiger partial charge is 0.452 e. The SMILES string of the molecule is COC(=O)NN(C(=O)C(Cc1ncc(-c2ccc(-c3ccc(-c4cnc(C(CC(=O)N(NC=O)C(C)C)OCO)[nH]4)cc3)cc2)[nH]1)OCO)C(C)C. The Morgan fingerprint density at radius 1 is 0.808 bits per heavy atom. The molecule has 17 heteroatoms. The molecule has 0 saturated carbocycles. The fourth-order valence-electron chi connectivity index (χ4n) is 5.31. The normalized spacial score (nSPS) is 12.3. The van der Waals surface area contributed by atoms with E-state index < -0.39 is 49.7 Å². The summed E-state index contributed by atoms with van der Waals surface area (Å²) in [5, 5.41) is 21.1. The van der Waals surface area contributed by atoms with E-state index in [0.29, 0.717) is 29.4 Å². The highest BCUT2D eigenvalue weighted by Crippen LogP contribution is 2.28. The van der Waals surface area contributed by atoms with Crippen molar-refractivity contribution in [2.75, 3.05) is 20.7 Å². The van der Waals surface area contributed by atoms with Crippen LogP contribution in [0.4, 0.5) is 4.79 Å². The van der Waals surface area contributed by atoms with Crippen LogP contribution in [0.25, 0.3) is 33.6 Å². The molecule has 52 heavy (non-hydrogen) atoms. The Bertz CT molecular complexity index is 1770. The first-order valence-corrected chi connectivity index (χ1v) is 16.4. The maximum absolute atomic E-state index is 13.2. The van der Waals surface area contributed by atoms with Gasteiger partial charge in [0.25, 0.3) is 5.91 Å². The molecule has 0 radical (unpaired) electrons. The van der Waals surface area contributed by atoms with E-state index >= 15 is 0 Å². The molecule has 0 aliphatic heterocycles. The predicted molar refractivity (Wildman–Crippen MR) is 187 cm³/mol. The van der Waals surface area contributed by atoms with Crippen LogP contribution >= 0.6 is 0 Å². The second-order valence-electron chi connectivity index (χ2n) is 12.1. The number of aromatic amines is 2. The maximum Gasteiger partial charge on any atom is 0.425 e. The van der Waals surface area contributed by atoms with Gasteiger partial charge in [-0.3, -0.25) is 24.8 Å². The van der Waals surface area contributed by atoms with E-state index in [4.69, 9.17) is 9.47 Å². The third-order valence-electron chi connectivity index (χ3n) is 7.95. The number of nitrogens with zero attached hydrogens (tertiary/aromatic N) is 4. The molecule has 2 aromatic heterocycles. The first-order chi connectivity index (χ1) is 25.0. The predicted octanol–water partition coefficient (Wildman–Crippen LogP) is 2.81. The number of aliphatic hydroxyl groups excluding tert-OH is 2. The van der Waals surface area contributed by atoms with Crippen molar-refractivity contribution < 1.29 is 43.6 Å². The van der Waals surface area contributed by atoms with Crippen molar-refractivity contribution in [1.82, 2.24) is 40.8 Å². The van der Waals surface area contributed by atoms with Gasteiger partial charge in [-0.15, -0.1) is 0 Å². The van der Waals surface area contributed by atoms with Gasteiger partial charge in [-0.25, -0.2) is 25.2 Å². The van der Waals surface area contributed by atoms with Gasteiger partial charge >= 0.3 is 6.09 Å². The summed E-state index contributed by atoms with van der Waals surface area (Å²) in [6, 6.07) is 14.9. The topological polar surface area (TPSA) is 224 Å². The lowest BCUT2D eigenvalue weighted by Crippen LogP contribution is -2.54.